The number of pyridine rings is 1. The van der Waals surface area contributed by atoms with Crippen LogP contribution in [-0.4, -0.2) is 160 Å². The Morgan fingerprint density at radius 3 is 1.53 bits per heavy atom. The Bertz CT molecular complexity index is 4390. The second kappa shape index (κ2) is 30.2. The molecule has 0 bridgehead atoms. The fraction of sp³-hybridized carbons (Fsp3) is 0.530. The van der Waals surface area contributed by atoms with Crippen LogP contribution in [0.2, 0.25) is 0 Å². The fourth-order valence-electron chi connectivity index (χ4n) is 13.3. The van der Waals surface area contributed by atoms with Gasteiger partial charge < -0.3 is 35.3 Å². The van der Waals surface area contributed by atoms with Crippen LogP contribution in [0.3, 0.4) is 0 Å². The molecule has 10 aromatic rings. The summed E-state index contributed by atoms with van der Waals surface area (Å²) in [6.45, 7) is 11.5. The molecule has 3 aliphatic rings. The van der Waals surface area contributed by atoms with Gasteiger partial charge in [-0.2, -0.15) is 36.5 Å². The quantitative estimate of drug-likeness (QED) is 0.0386. The molecule has 0 saturated heterocycles. The summed E-state index contributed by atoms with van der Waals surface area (Å²) >= 11 is 0. The third-order valence-electron chi connectivity index (χ3n) is 18.3. The molecule has 526 valence electrons. The number of aryl methyl sites for hydroxylation is 1. The van der Waals surface area contributed by atoms with Gasteiger partial charge in [0.25, 0.3) is 0 Å². The number of anilines is 3. The van der Waals surface area contributed by atoms with Crippen molar-refractivity contribution in [3.8, 4) is 33.4 Å². The average molecular weight is 1380 g/mol. The molecule has 3 saturated carbocycles. The fourth-order valence-corrected chi connectivity index (χ4v) is 14.1. The highest BCUT2D eigenvalue weighted by atomic mass is 32.2. The minimum atomic E-state index is -4.32. The summed E-state index contributed by atoms with van der Waals surface area (Å²) in [7, 11) is -1.79. The number of hydrogen-bond donors (Lipinski definition) is 6. The maximum atomic E-state index is 12.8. The number of fused-ring (bicyclic) bond motifs is 3. The summed E-state index contributed by atoms with van der Waals surface area (Å²) in [6, 6.07) is 6.14. The van der Waals surface area contributed by atoms with Crippen LogP contribution in [0.15, 0.2) is 89.3 Å². The van der Waals surface area contributed by atoms with Crippen LogP contribution >= 0.6 is 0 Å². The predicted octanol–water partition coefficient (Wildman–Crippen LogP) is 12.3. The normalized spacial score (nSPS) is 20.3. The van der Waals surface area contributed by atoms with Crippen molar-refractivity contribution in [1.29, 1.82) is 0 Å². The Morgan fingerprint density at radius 1 is 0.622 bits per heavy atom. The van der Waals surface area contributed by atoms with Crippen molar-refractivity contribution in [2.24, 2.45) is 5.92 Å². The number of nitrogens with zero attached hydrogens (tertiary/aromatic N) is 15. The number of aromatic amines is 1. The van der Waals surface area contributed by atoms with Gasteiger partial charge in [0.15, 0.2) is 9.84 Å². The first kappa shape index (κ1) is 70.7. The maximum absolute atomic E-state index is 12.8. The first-order chi connectivity index (χ1) is 46.8. The SMILES string of the molecule is CC1CCC(c2cc(-c3cn[nH]c3)c3cnc(N[C@@H](C)CC(F)(F)F)nn23)CC1.CCS(=O)(=O)c1cncc(-c2cc(C3CCC(O)CC3)n3nc(N[C@@H](C)CC(F)(F)F)ncc23)c1.COC[C@H](C)Nc1ncc2c(-c3cnn(Cc4nnc(C)o4)c3)cc(C3CCC(O)CC3)n2n1. The molecule has 3 fully saturated rings. The van der Waals surface area contributed by atoms with Gasteiger partial charge in [0.05, 0.1) is 89.8 Å². The number of rotatable bonds is 20. The molecule has 32 heteroatoms. The van der Waals surface area contributed by atoms with Crippen LogP contribution in [-0.2, 0) is 21.1 Å². The van der Waals surface area contributed by atoms with E-state index in [1.807, 2.05) is 46.8 Å². The topological polar surface area (TPSA) is 309 Å². The zero-order valence-corrected chi connectivity index (χ0v) is 56.5. The number of nitrogens with one attached hydrogen (secondary N) is 4. The first-order valence-electron chi connectivity index (χ1n) is 33.2. The molecular formula is C66H83F6N19O6S. The molecule has 98 heavy (non-hydrogen) atoms. The number of sulfone groups is 1. The van der Waals surface area contributed by atoms with Gasteiger partial charge in [-0.3, -0.25) is 14.8 Å². The van der Waals surface area contributed by atoms with Crippen molar-refractivity contribution in [3.63, 3.8) is 0 Å². The zero-order valence-electron chi connectivity index (χ0n) is 55.6. The number of aliphatic hydroxyl groups excluding tert-OH is 2. The van der Waals surface area contributed by atoms with E-state index >= 15 is 0 Å². The highest BCUT2D eigenvalue weighted by Gasteiger charge is 2.34. The summed E-state index contributed by atoms with van der Waals surface area (Å²) < 4.78 is 119. The third kappa shape index (κ3) is 17.4. The number of alkyl halides is 6. The van der Waals surface area contributed by atoms with Gasteiger partial charge in [0, 0.05) is 125 Å². The van der Waals surface area contributed by atoms with E-state index in [1.54, 1.807) is 54.8 Å². The third-order valence-corrected chi connectivity index (χ3v) is 20.0. The molecule has 3 atom stereocenters. The number of aliphatic hydroxyl groups is 2. The van der Waals surface area contributed by atoms with Crippen molar-refractivity contribution >= 4 is 44.2 Å². The molecular weight excluding hydrogens is 1300 g/mol. The van der Waals surface area contributed by atoms with Crippen molar-refractivity contribution in [1.82, 2.24) is 79.0 Å². The lowest BCUT2D eigenvalue weighted by Gasteiger charge is -2.25. The number of ether oxygens (including phenoxy) is 1. The molecule has 6 N–H and O–H groups in total. The van der Waals surface area contributed by atoms with E-state index in [4.69, 9.17) is 14.3 Å². The largest absolute Gasteiger partial charge is 0.424 e. The first-order valence-corrected chi connectivity index (χ1v) is 34.8. The Balaban J connectivity index is 0.000000149. The highest BCUT2D eigenvalue weighted by Crippen LogP contribution is 2.42. The Kier molecular flexibility index (Phi) is 21.8. The van der Waals surface area contributed by atoms with E-state index in [0.717, 1.165) is 120 Å². The summed E-state index contributed by atoms with van der Waals surface area (Å²) in [6.07, 6.45) is 14.9. The predicted molar refractivity (Wildman–Crippen MR) is 354 cm³/mol. The summed E-state index contributed by atoms with van der Waals surface area (Å²) in [5.41, 5.74) is 10.5. The van der Waals surface area contributed by atoms with E-state index in [0.29, 0.717) is 72.2 Å². The summed E-state index contributed by atoms with van der Waals surface area (Å²) in [5.74, 6) is 3.30. The molecule has 0 radical (unpaired) electrons. The number of halogens is 6. The second-order valence-electron chi connectivity index (χ2n) is 26.2. The monoisotopic (exact) mass is 1380 g/mol. The Morgan fingerprint density at radius 2 is 1.09 bits per heavy atom. The van der Waals surface area contributed by atoms with Crippen molar-refractivity contribution < 1.29 is 54.1 Å². The van der Waals surface area contributed by atoms with Gasteiger partial charge in [-0.05, 0) is 115 Å². The van der Waals surface area contributed by atoms with E-state index in [2.05, 4.69) is 90.6 Å². The Labute approximate surface area is 562 Å². The molecule has 0 aliphatic heterocycles. The van der Waals surface area contributed by atoms with E-state index in [-0.39, 0.29) is 46.7 Å². The smallest absolute Gasteiger partial charge is 0.391 e. The standard InChI is InChI=1S/C23H28F3N5O3S.C23H30N8O3.C20H25F3N6/c1-3-35(33,34)18-8-16(11-27-12-18)19-9-20(15-4-6-17(32)7-5-15)31-21(19)13-28-22(30-31)29-14(2)10-23(24,25)26;1-14(13-33-3)26-23-24-10-21-19(8-20(31(21)29-23)16-4-6-18(32)7-5-16)17-9-25-30(11-17)12-22-28-27-15(2)34-22;1-12-3-5-14(6-4-12)17-7-16(15-9-25-26-10-15)18-11-24-19(28-29(17)18)27-13(2)8-20(21,22)23/h8-9,11-15,17,32H,3-7,10H2,1-2H3,(H,29,30);8-11,14,16,18,32H,4-7,12-13H2,1-3H3,(H,26,29);7,9-14H,3-6,8H2,1-2H3,(H,25,26)(H,27,28)/t14-,15?,17?;14-,16?,18?;12?,13-,14?/m000/s1. The molecule has 3 aliphatic carbocycles. The van der Waals surface area contributed by atoms with Crippen LogP contribution in [0.1, 0.15) is 171 Å². The Hall–Kier alpha value is -8.62. The zero-order chi connectivity index (χ0) is 69.6. The van der Waals surface area contributed by atoms with Gasteiger partial charge >= 0.3 is 12.4 Å². The summed E-state index contributed by atoms with van der Waals surface area (Å²) in [4.78, 5) is 17.3. The van der Waals surface area contributed by atoms with Crippen molar-refractivity contribution in [2.45, 2.75) is 203 Å². The van der Waals surface area contributed by atoms with Crippen molar-refractivity contribution in [3.05, 3.63) is 109 Å². The van der Waals surface area contributed by atoms with E-state index in [1.165, 1.54) is 26.2 Å². The lowest BCUT2D eigenvalue weighted by Crippen LogP contribution is -2.25. The van der Waals surface area contributed by atoms with E-state index < -0.39 is 47.1 Å². The van der Waals surface area contributed by atoms with Crippen LogP contribution in [0.4, 0.5) is 44.2 Å². The number of methoxy groups -OCH3 is 1. The van der Waals surface area contributed by atoms with Gasteiger partial charge in [0.1, 0.15) is 6.54 Å². The molecule has 0 aromatic carbocycles. The van der Waals surface area contributed by atoms with Crippen molar-refractivity contribution in [2.75, 3.05) is 35.4 Å². The number of aromatic nitrogens is 16. The molecule has 10 heterocycles. The van der Waals surface area contributed by atoms with Crippen LogP contribution in [0.5, 0.6) is 0 Å². The lowest BCUT2D eigenvalue weighted by atomic mass is 9.81. The minimum absolute atomic E-state index is 0.0570. The molecule has 25 nitrogen and oxygen atoms in total. The minimum Gasteiger partial charge on any atom is -0.424 e. The second-order valence-corrected chi connectivity index (χ2v) is 28.5. The lowest BCUT2D eigenvalue weighted by molar-refractivity contribution is -0.137. The molecule has 0 spiro atoms. The van der Waals surface area contributed by atoms with Gasteiger partial charge in [-0.1, -0.05) is 26.7 Å². The van der Waals surface area contributed by atoms with Gasteiger partial charge in [-0.25, -0.2) is 36.9 Å². The van der Waals surface area contributed by atoms with Gasteiger partial charge in [-0.15, -0.1) is 25.5 Å². The van der Waals surface area contributed by atoms with Crippen LogP contribution in [0.25, 0.3) is 49.9 Å². The summed E-state index contributed by atoms with van der Waals surface area (Å²) in [5, 5.41) is 61.9. The van der Waals surface area contributed by atoms with Crippen LogP contribution < -0.4 is 16.0 Å². The molecule has 0 amide bonds. The molecule has 0 unspecified atom stereocenters. The highest BCUT2D eigenvalue weighted by molar-refractivity contribution is 7.91. The van der Waals surface area contributed by atoms with E-state index in [9.17, 15) is 45.0 Å². The molecule has 10 aromatic heterocycles. The number of hydrogen-bond acceptors (Lipinski definition) is 20. The van der Waals surface area contributed by atoms with Gasteiger partial charge in [0.2, 0.25) is 29.6 Å². The number of H-pyrrole nitrogens is 1. The van der Waals surface area contributed by atoms with Crippen LogP contribution in [0, 0.1) is 12.8 Å². The maximum Gasteiger partial charge on any atom is 0.391 e. The average Bonchev–Trinajstić information content (AvgIpc) is 1.66. The molecule has 13 rings (SSSR count).